The van der Waals surface area contributed by atoms with Crippen molar-refractivity contribution in [1.82, 2.24) is 0 Å². The summed E-state index contributed by atoms with van der Waals surface area (Å²) < 4.78 is 0. The van der Waals surface area contributed by atoms with Crippen LogP contribution in [0.2, 0.25) is 0 Å². The van der Waals surface area contributed by atoms with Gasteiger partial charge in [0.05, 0.1) is 0 Å². The normalized spacial score (nSPS) is 24.9. The third-order valence-corrected chi connectivity index (χ3v) is 11.7. The maximum atomic E-state index is 2.70. The molecule has 0 amide bonds. The summed E-state index contributed by atoms with van der Waals surface area (Å²) in [6.07, 6.45) is 13.8. The van der Waals surface area contributed by atoms with Crippen molar-refractivity contribution in [3.05, 3.63) is 70.3 Å². The van der Waals surface area contributed by atoms with E-state index in [0.29, 0.717) is 5.92 Å². The van der Waals surface area contributed by atoms with Crippen LogP contribution >= 0.6 is 0 Å². The Balaban J connectivity index is 1.67. The average molecular weight is 512 g/mol. The van der Waals surface area contributed by atoms with Crippen molar-refractivity contribution < 1.29 is 0 Å². The lowest BCUT2D eigenvalue weighted by Gasteiger charge is -2.44. The van der Waals surface area contributed by atoms with Crippen molar-refractivity contribution in [3.8, 4) is 0 Å². The van der Waals surface area contributed by atoms with Gasteiger partial charge in [-0.3, -0.25) is 0 Å². The molecule has 0 radical (unpaired) electrons. The van der Waals surface area contributed by atoms with Gasteiger partial charge in [-0.05, 0) is 119 Å². The van der Waals surface area contributed by atoms with Crippen LogP contribution in [-0.4, -0.2) is 6.54 Å². The maximum absolute atomic E-state index is 2.70. The van der Waals surface area contributed by atoms with Crippen molar-refractivity contribution in [2.24, 2.45) is 11.3 Å². The molecule has 0 spiro atoms. The summed E-state index contributed by atoms with van der Waals surface area (Å²) in [5.41, 5.74) is 11.3. The van der Waals surface area contributed by atoms with E-state index in [1.54, 1.807) is 22.3 Å². The molecule has 0 aromatic heterocycles. The molecule has 1 unspecified atom stereocenters. The van der Waals surface area contributed by atoms with E-state index in [1.165, 1.54) is 49.0 Å². The molecule has 0 aliphatic heterocycles. The fourth-order valence-corrected chi connectivity index (χ4v) is 8.09. The molecule has 1 nitrogen and oxygen atoms in total. The van der Waals surface area contributed by atoms with Gasteiger partial charge in [-0.2, -0.15) is 0 Å². The van der Waals surface area contributed by atoms with Crippen LogP contribution in [0.1, 0.15) is 140 Å². The zero-order chi connectivity index (χ0) is 27.5. The van der Waals surface area contributed by atoms with Crippen LogP contribution in [0, 0.1) is 11.3 Å². The van der Waals surface area contributed by atoms with Crippen LogP contribution in [0.25, 0.3) is 0 Å². The Kier molecular flexibility index (Phi) is 7.15. The second kappa shape index (κ2) is 9.87. The van der Waals surface area contributed by atoms with Gasteiger partial charge >= 0.3 is 0 Å². The van der Waals surface area contributed by atoms with Gasteiger partial charge in [0.1, 0.15) is 0 Å². The SMILES string of the molecule is CCC=CC(C)CN(c1ccc2c(c1)C(C)(C)C(C)(C)C2(C)C)c1cc2c(cc1CCC)C1CCC2CC1. The quantitative estimate of drug-likeness (QED) is 0.319. The van der Waals surface area contributed by atoms with E-state index in [0.717, 1.165) is 31.2 Å². The highest BCUT2D eigenvalue weighted by Gasteiger charge is 2.56. The van der Waals surface area contributed by atoms with Crippen LogP contribution < -0.4 is 4.90 Å². The first kappa shape index (κ1) is 27.5. The van der Waals surface area contributed by atoms with E-state index in [2.05, 4.69) is 110 Å². The Morgan fingerprint density at radius 2 is 1.45 bits per heavy atom. The first-order chi connectivity index (χ1) is 17.9. The molecule has 1 saturated carbocycles. The molecule has 0 saturated heterocycles. The summed E-state index contributed by atoms with van der Waals surface area (Å²) in [5.74, 6) is 2.06. The molecule has 38 heavy (non-hydrogen) atoms. The largest absolute Gasteiger partial charge is 0.341 e. The first-order valence-corrected chi connectivity index (χ1v) is 15.7. The number of aryl methyl sites for hydroxylation is 1. The van der Waals surface area contributed by atoms with Gasteiger partial charge in [0, 0.05) is 17.9 Å². The summed E-state index contributed by atoms with van der Waals surface area (Å²) in [5, 5.41) is 0. The molecule has 1 heteroatoms. The average Bonchev–Trinajstić information content (AvgIpc) is 3.00. The third-order valence-electron chi connectivity index (χ3n) is 11.7. The monoisotopic (exact) mass is 511 g/mol. The molecular formula is C37H53N. The molecule has 2 bridgehead atoms. The molecule has 2 aromatic carbocycles. The fraction of sp³-hybridized carbons (Fsp3) is 0.622. The Labute approximate surface area is 234 Å². The molecule has 1 atom stereocenters. The highest BCUT2D eigenvalue weighted by molar-refractivity contribution is 5.71. The summed E-state index contributed by atoms with van der Waals surface area (Å²) in [6, 6.07) is 12.8. The first-order valence-electron chi connectivity index (χ1n) is 15.7. The second-order valence-corrected chi connectivity index (χ2v) is 14.4. The van der Waals surface area contributed by atoms with Gasteiger partial charge in [0.25, 0.3) is 0 Å². The van der Waals surface area contributed by atoms with E-state index in [9.17, 15) is 0 Å². The number of anilines is 2. The lowest BCUT2D eigenvalue weighted by Crippen LogP contribution is -2.42. The van der Waals surface area contributed by atoms with Crippen molar-refractivity contribution in [1.29, 1.82) is 0 Å². The lowest BCUT2D eigenvalue weighted by molar-refractivity contribution is 0.125. The molecular weight excluding hydrogens is 458 g/mol. The van der Waals surface area contributed by atoms with Gasteiger partial charge in [-0.1, -0.05) is 93.0 Å². The Morgan fingerprint density at radius 1 is 0.842 bits per heavy atom. The summed E-state index contributed by atoms with van der Waals surface area (Å²) in [6.45, 7) is 22.8. The smallest absolute Gasteiger partial charge is 0.0446 e. The van der Waals surface area contributed by atoms with Crippen LogP contribution in [0.4, 0.5) is 11.4 Å². The Morgan fingerprint density at radius 3 is 2.05 bits per heavy atom. The number of hydrogen-bond acceptors (Lipinski definition) is 1. The van der Waals surface area contributed by atoms with E-state index in [-0.39, 0.29) is 16.2 Å². The van der Waals surface area contributed by atoms with Crippen molar-refractivity contribution in [2.45, 2.75) is 130 Å². The standard InChI is InChI=1S/C37H53N/c1-10-12-14-25(3)24-38(29-19-20-32-33(22-29)36(6,7)37(8,9)35(32,4)5)34-23-31-27-17-15-26(16-18-27)30(31)21-28(34)13-11-2/h12,14,19-23,25-27H,10-11,13,15-18,24H2,1-9H3. The number of allylic oxidation sites excluding steroid dienone is 1. The lowest BCUT2D eigenvalue weighted by atomic mass is 9.59. The van der Waals surface area contributed by atoms with Crippen LogP contribution in [0.3, 0.4) is 0 Å². The molecule has 1 fully saturated rings. The van der Waals surface area contributed by atoms with E-state index in [1.807, 2.05) is 0 Å². The zero-order valence-corrected chi connectivity index (χ0v) is 25.9. The van der Waals surface area contributed by atoms with E-state index in [4.69, 9.17) is 0 Å². The van der Waals surface area contributed by atoms with Crippen molar-refractivity contribution in [3.63, 3.8) is 0 Å². The topological polar surface area (TPSA) is 3.24 Å². The molecule has 4 aliphatic rings. The van der Waals surface area contributed by atoms with E-state index >= 15 is 0 Å². The number of nitrogens with zero attached hydrogens (tertiary/aromatic N) is 1. The summed E-state index contributed by atoms with van der Waals surface area (Å²) in [7, 11) is 0. The highest BCUT2D eigenvalue weighted by Crippen LogP contribution is 2.62. The van der Waals surface area contributed by atoms with Gasteiger partial charge in [0.15, 0.2) is 0 Å². The molecule has 206 valence electrons. The minimum atomic E-state index is 0.114. The molecule has 2 aromatic rings. The number of fused-ring (bicyclic) bond motifs is 3. The van der Waals surface area contributed by atoms with Gasteiger partial charge < -0.3 is 4.90 Å². The third kappa shape index (κ3) is 4.18. The minimum absolute atomic E-state index is 0.114. The molecule has 0 heterocycles. The second-order valence-electron chi connectivity index (χ2n) is 14.4. The molecule has 0 N–H and O–H groups in total. The molecule has 6 rings (SSSR count). The van der Waals surface area contributed by atoms with Gasteiger partial charge in [-0.15, -0.1) is 0 Å². The number of hydrogen-bond donors (Lipinski definition) is 0. The Bertz CT molecular complexity index is 1200. The summed E-state index contributed by atoms with van der Waals surface area (Å²) in [4.78, 5) is 2.70. The molecule has 4 aliphatic carbocycles. The minimum Gasteiger partial charge on any atom is -0.341 e. The van der Waals surface area contributed by atoms with Crippen LogP contribution in [0.15, 0.2) is 42.5 Å². The number of benzene rings is 2. The maximum Gasteiger partial charge on any atom is 0.0446 e. The van der Waals surface area contributed by atoms with Gasteiger partial charge in [-0.25, -0.2) is 0 Å². The highest BCUT2D eigenvalue weighted by atomic mass is 15.1. The van der Waals surface area contributed by atoms with Crippen molar-refractivity contribution in [2.75, 3.05) is 11.4 Å². The fourth-order valence-electron chi connectivity index (χ4n) is 8.09. The predicted octanol–water partition coefficient (Wildman–Crippen LogP) is 10.7. The van der Waals surface area contributed by atoms with Crippen molar-refractivity contribution >= 4 is 11.4 Å². The van der Waals surface area contributed by atoms with Crippen LogP contribution in [-0.2, 0) is 17.3 Å². The van der Waals surface area contributed by atoms with Crippen LogP contribution in [0.5, 0.6) is 0 Å². The predicted molar refractivity (Wildman–Crippen MR) is 166 cm³/mol. The summed E-state index contributed by atoms with van der Waals surface area (Å²) >= 11 is 0. The van der Waals surface area contributed by atoms with E-state index < -0.39 is 0 Å². The Hall–Kier alpha value is -2.02. The number of rotatable bonds is 8. The zero-order valence-electron chi connectivity index (χ0n) is 25.9. The van der Waals surface area contributed by atoms with Gasteiger partial charge in [0.2, 0.25) is 0 Å².